The van der Waals surface area contributed by atoms with Gasteiger partial charge in [-0.25, -0.2) is 14.8 Å². The monoisotopic (exact) mass is 816 g/mol. The molecule has 1 fully saturated rings. The maximum Gasteiger partial charge on any atom is 0.335 e. The molecule has 0 unspecified atom stereocenters. The van der Waals surface area contributed by atoms with E-state index in [1.165, 1.54) is 0 Å². The number of carboxylic acids is 1. The summed E-state index contributed by atoms with van der Waals surface area (Å²) in [5.41, 5.74) is 2.55. The van der Waals surface area contributed by atoms with Gasteiger partial charge in [-0.15, -0.1) is 0 Å². The SMILES string of the molecule is COc1cccc(-c2nc(CI)c(C(C)C)o2)c1.COc1cccc(-c2nc(COC[C@H]3CCC[C@@H](COC(C)(C)C(=O)O)C3)c(C(C)C)o2)c1. The molecule has 0 amide bonds. The average molecular weight is 817 g/mol. The van der Waals surface area contributed by atoms with E-state index >= 15 is 0 Å². The number of methoxy groups -OCH3 is 2. The normalized spacial score (nSPS) is 16.2. The van der Waals surface area contributed by atoms with Gasteiger partial charge in [0, 0.05) is 34.0 Å². The first-order valence-electron chi connectivity index (χ1n) is 17.6. The minimum atomic E-state index is -1.15. The van der Waals surface area contributed by atoms with Gasteiger partial charge in [-0.2, -0.15) is 0 Å². The van der Waals surface area contributed by atoms with Crippen LogP contribution in [0.2, 0.25) is 0 Å². The molecule has 0 radical (unpaired) electrons. The third-order valence-electron chi connectivity index (χ3n) is 8.94. The van der Waals surface area contributed by atoms with Crippen molar-refractivity contribution < 1.29 is 37.7 Å². The number of alkyl halides is 1. The topological polar surface area (TPSA) is 126 Å². The first-order valence-corrected chi connectivity index (χ1v) is 19.2. The zero-order valence-electron chi connectivity index (χ0n) is 31.2. The fourth-order valence-electron chi connectivity index (χ4n) is 6.00. The largest absolute Gasteiger partial charge is 0.497 e. The summed E-state index contributed by atoms with van der Waals surface area (Å²) in [6.07, 6.45) is 4.28. The average Bonchev–Trinajstić information content (AvgIpc) is 3.77. The van der Waals surface area contributed by atoms with Gasteiger partial charge < -0.3 is 32.9 Å². The highest BCUT2D eigenvalue weighted by Gasteiger charge is 2.31. The molecule has 0 spiro atoms. The molecule has 2 atom stereocenters. The van der Waals surface area contributed by atoms with E-state index in [0.717, 1.165) is 75.6 Å². The lowest BCUT2D eigenvalue weighted by Gasteiger charge is -2.31. The van der Waals surface area contributed by atoms with E-state index in [1.807, 2.05) is 48.5 Å². The molecule has 0 aliphatic heterocycles. The van der Waals surface area contributed by atoms with Crippen LogP contribution in [-0.2, 0) is 25.3 Å². The number of nitrogens with zero attached hydrogens (tertiary/aromatic N) is 2. The Hall–Kier alpha value is -3.42. The number of hydrogen-bond acceptors (Lipinski definition) is 9. The first kappa shape index (κ1) is 40.4. The molecule has 4 aromatic rings. The Morgan fingerprint density at radius 3 is 1.84 bits per heavy atom. The second-order valence-corrected chi connectivity index (χ2v) is 14.9. The molecule has 2 aromatic heterocycles. The van der Waals surface area contributed by atoms with E-state index in [1.54, 1.807) is 28.1 Å². The number of aromatic nitrogens is 2. The predicted molar refractivity (Wildman–Crippen MR) is 206 cm³/mol. The Balaban J connectivity index is 0.000000272. The molecule has 1 aliphatic carbocycles. The summed E-state index contributed by atoms with van der Waals surface area (Å²) >= 11 is 2.31. The molecule has 5 rings (SSSR count). The van der Waals surface area contributed by atoms with Gasteiger partial charge in [0.2, 0.25) is 11.8 Å². The summed E-state index contributed by atoms with van der Waals surface area (Å²) in [5, 5.41) is 9.24. The number of carboxylic acid groups (broad SMARTS) is 1. The number of halogens is 1. The van der Waals surface area contributed by atoms with Crippen LogP contribution in [0.4, 0.5) is 0 Å². The maximum absolute atomic E-state index is 11.3. The first-order chi connectivity index (χ1) is 24.3. The van der Waals surface area contributed by atoms with E-state index in [9.17, 15) is 9.90 Å². The summed E-state index contributed by atoms with van der Waals surface area (Å²) in [4.78, 5) is 20.6. The highest BCUT2D eigenvalue weighted by molar-refractivity contribution is 14.1. The van der Waals surface area contributed by atoms with Crippen molar-refractivity contribution in [2.24, 2.45) is 11.8 Å². The zero-order chi connectivity index (χ0) is 37.1. The Kier molecular flexibility index (Phi) is 14.9. The third-order valence-corrected chi connectivity index (χ3v) is 9.67. The number of rotatable bonds is 15. The third kappa shape index (κ3) is 11.3. The Bertz CT molecular complexity index is 1700. The van der Waals surface area contributed by atoms with Gasteiger partial charge >= 0.3 is 5.97 Å². The summed E-state index contributed by atoms with van der Waals surface area (Å²) < 4.78 is 35.1. The fourth-order valence-corrected chi connectivity index (χ4v) is 6.55. The van der Waals surface area contributed by atoms with Crippen LogP contribution in [0.5, 0.6) is 11.5 Å². The highest BCUT2D eigenvalue weighted by atomic mass is 127. The molecule has 51 heavy (non-hydrogen) atoms. The van der Waals surface area contributed by atoms with Gasteiger partial charge in [-0.1, -0.05) is 68.8 Å². The minimum absolute atomic E-state index is 0.198. The smallest absolute Gasteiger partial charge is 0.335 e. The van der Waals surface area contributed by atoms with Crippen molar-refractivity contribution in [1.29, 1.82) is 0 Å². The van der Waals surface area contributed by atoms with Gasteiger partial charge in [-0.3, -0.25) is 0 Å². The summed E-state index contributed by atoms with van der Waals surface area (Å²) in [6, 6.07) is 15.5. The molecular formula is C40H53IN2O8. The lowest BCUT2D eigenvalue weighted by molar-refractivity contribution is -0.163. The molecule has 0 bridgehead atoms. The maximum atomic E-state index is 11.3. The molecule has 0 saturated heterocycles. The number of ether oxygens (including phenoxy) is 4. The number of aliphatic carboxylic acids is 1. The van der Waals surface area contributed by atoms with Gasteiger partial charge in [0.15, 0.2) is 5.60 Å². The van der Waals surface area contributed by atoms with Crippen molar-refractivity contribution in [1.82, 2.24) is 9.97 Å². The summed E-state index contributed by atoms with van der Waals surface area (Å²) in [7, 11) is 3.30. The van der Waals surface area contributed by atoms with Crippen molar-refractivity contribution in [2.75, 3.05) is 27.4 Å². The Labute approximate surface area is 315 Å². The molecule has 1 saturated carbocycles. The summed E-state index contributed by atoms with van der Waals surface area (Å²) in [6.45, 7) is 13.1. The van der Waals surface area contributed by atoms with E-state index in [-0.39, 0.29) is 5.92 Å². The quantitative estimate of drug-likeness (QED) is 0.0915. The Morgan fingerprint density at radius 1 is 0.863 bits per heavy atom. The van der Waals surface area contributed by atoms with Gasteiger partial charge in [0.1, 0.15) is 28.7 Å². The highest BCUT2D eigenvalue weighted by Crippen LogP contribution is 2.33. The number of benzene rings is 2. The van der Waals surface area contributed by atoms with Gasteiger partial charge in [-0.05, 0) is 81.3 Å². The zero-order valence-corrected chi connectivity index (χ0v) is 33.3. The standard InChI is InChI=1S/C26H37NO6.C14H16INO2/c1-17(2)23-22(27-24(33-23)20-10-7-11-21(13-20)30-5)16-31-14-18-8-6-9-19(12-18)15-32-26(3,4)25(28)29;1-9(2)13-12(8-15)16-14(18-13)10-5-4-6-11(7-10)17-3/h7,10-11,13,17-19H,6,8-9,12,14-16H2,1-5H3,(H,28,29);4-7,9H,8H2,1-3H3/t18-,19+;/m0./s1. The molecule has 10 nitrogen and oxygen atoms in total. The second kappa shape index (κ2) is 18.9. The second-order valence-electron chi connectivity index (χ2n) is 14.1. The number of hydrogen-bond donors (Lipinski definition) is 1. The van der Waals surface area contributed by atoms with Crippen molar-refractivity contribution in [2.45, 2.75) is 95.7 Å². The van der Waals surface area contributed by atoms with Crippen LogP contribution < -0.4 is 9.47 Å². The van der Waals surface area contributed by atoms with Gasteiger partial charge in [0.05, 0.1) is 33.1 Å². The number of oxazole rings is 2. The van der Waals surface area contributed by atoms with Crippen molar-refractivity contribution in [3.63, 3.8) is 0 Å². The molecule has 11 heteroatoms. The summed E-state index contributed by atoms with van der Waals surface area (Å²) in [5.74, 6) is 5.06. The van der Waals surface area contributed by atoms with Crippen LogP contribution >= 0.6 is 22.6 Å². The van der Waals surface area contributed by atoms with Gasteiger partial charge in [0.25, 0.3) is 0 Å². The van der Waals surface area contributed by atoms with Crippen molar-refractivity contribution in [3.8, 4) is 34.4 Å². The van der Waals surface area contributed by atoms with Crippen LogP contribution in [0.25, 0.3) is 22.9 Å². The molecule has 1 N–H and O–H groups in total. The van der Waals surface area contributed by atoms with E-state index < -0.39 is 11.6 Å². The van der Waals surface area contributed by atoms with Crippen LogP contribution in [0.1, 0.15) is 102 Å². The lowest BCUT2D eigenvalue weighted by Crippen LogP contribution is -2.37. The minimum Gasteiger partial charge on any atom is -0.497 e. The fraction of sp³-hybridized carbons (Fsp3) is 0.525. The molecule has 2 heterocycles. The van der Waals surface area contributed by atoms with Crippen molar-refractivity contribution >= 4 is 28.6 Å². The molecular weight excluding hydrogens is 763 g/mol. The number of carbonyl (C=O) groups is 1. The molecule has 1 aliphatic rings. The van der Waals surface area contributed by atoms with Crippen LogP contribution in [0, 0.1) is 11.8 Å². The van der Waals surface area contributed by atoms with Crippen LogP contribution in [0.15, 0.2) is 57.4 Å². The van der Waals surface area contributed by atoms with E-state index in [2.05, 4.69) is 55.3 Å². The van der Waals surface area contributed by atoms with Crippen molar-refractivity contribution in [3.05, 3.63) is 71.4 Å². The molecule has 2 aromatic carbocycles. The lowest BCUT2D eigenvalue weighted by atomic mass is 9.82. The Morgan fingerprint density at radius 2 is 1.37 bits per heavy atom. The molecule has 278 valence electrons. The van der Waals surface area contributed by atoms with Crippen LogP contribution in [-0.4, -0.2) is 54.1 Å². The van der Waals surface area contributed by atoms with E-state index in [4.69, 9.17) is 32.8 Å². The predicted octanol–water partition coefficient (Wildman–Crippen LogP) is 10.1. The van der Waals surface area contributed by atoms with Crippen LogP contribution in [0.3, 0.4) is 0 Å². The van der Waals surface area contributed by atoms with E-state index in [0.29, 0.717) is 49.4 Å².